The first kappa shape index (κ1) is 16.7. The fourth-order valence-corrected chi connectivity index (χ4v) is 4.05. The van der Waals surface area contributed by atoms with Gasteiger partial charge in [-0.15, -0.1) is 11.3 Å². The molecule has 0 aliphatic carbocycles. The van der Waals surface area contributed by atoms with Gasteiger partial charge < -0.3 is 4.90 Å². The van der Waals surface area contributed by atoms with Crippen molar-refractivity contribution in [2.75, 3.05) is 11.4 Å². The van der Waals surface area contributed by atoms with Crippen LogP contribution < -0.4 is 10.4 Å². The van der Waals surface area contributed by atoms with Crippen LogP contribution in [0.4, 0.5) is 5.13 Å². The summed E-state index contributed by atoms with van der Waals surface area (Å²) in [6, 6.07) is 9.51. The summed E-state index contributed by atoms with van der Waals surface area (Å²) in [6.07, 6.45) is 5.47. The molecule has 0 saturated heterocycles. The highest BCUT2D eigenvalue weighted by molar-refractivity contribution is 7.14. The second-order valence-corrected chi connectivity index (χ2v) is 7.04. The van der Waals surface area contributed by atoms with Crippen LogP contribution in [-0.2, 0) is 13.0 Å². The van der Waals surface area contributed by atoms with E-state index in [2.05, 4.69) is 15.3 Å². The van der Waals surface area contributed by atoms with Gasteiger partial charge in [-0.3, -0.25) is 15.0 Å². The van der Waals surface area contributed by atoms with Gasteiger partial charge in [-0.05, 0) is 48.2 Å². The van der Waals surface area contributed by atoms with Crippen molar-refractivity contribution in [3.8, 4) is 11.3 Å². The molecule has 3 heterocycles. The van der Waals surface area contributed by atoms with E-state index in [0.717, 1.165) is 47.9 Å². The van der Waals surface area contributed by atoms with Crippen LogP contribution in [0.2, 0.25) is 0 Å². The largest absolute Gasteiger partial charge is 0.344 e. The van der Waals surface area contributed by atoms with Crippen LogP contribution in [0.25, 0.3) is 11.3 Å². The zero-order valence-electron chi connectivity index (χ0n) is 14.1. The molecule has 1 amide bonds. The number of benzene rings is 1. The standard InChI is InChI=1S/C19H18N4O2S/c24-18(22-25)14-5-6-16-11-23(8-2-4-13(16)9-14)19-21-17(12-26-19)15-3-1-7-20-10-15/h1,3,5-7,9-10,12,25H,2,4,8,11H2,(H,22,24). The zero-order valence-corrected chi connectivity index (χ0v) is 14.9. The van der Waals surface area contributed by atoms with E-state index in [4.69, 9.17) is 10.2 Å². The van der Waals surface area contributed by atoms with Gasteiger partial charge in [0.2, 0.25) is 0 Å². The molecule has 6 nitrogen and oxygen atoms in total. The first-order chi connectivity index (χ1) is 12.7. The molecule has 132 valence electrons. The minimum Gasteiger partial charge on any atom is -0.344 e. The Morgan fingerprint density at radius 3 is 3.00 bits per heavy atom. The van der Waals surface area contributed by atoms with Crippen LogP contribution in [0.3, 0.4) is 0 Å². The second-order valence-electron chi connectivity index (χ2n) is 6.21. The van der Waals surface area contributed by atoms with Crippen LogP contribution in [0.5, 0.6) is 0 Å². The first-order valence-electron chi connectivity index (χ1n) is 8.42. The van der Waals surface area contributed by atoms with Gasteiger partial charge in [-0.1, -0.05) is 6.07 Å². The third-order valence-corrected chi connectivity index (χ3v) is 5.43. The minimum absolute atomic E-state index is 0.477. The Bertz CT molecular complexity index is 926. The van der Waals surface area contributed by atoms with Gasteiger partial charge in [0, 0.05) is 42.0 Å². The summed E-state index contributed by atoms with van der Waals surface area (Å²) in [5.41, 5.74) is 6.47. The Kier molecular flexibility index (Phi) is 4.64. The quantitative estimate of drug-likeness (QED) is 0.549. The van der Waals surface area contributed by atoms with Crippen molar-refractivity contribution < 1.29 is 10.0 Å². The lowest BCUT2D eigenvalue weighted by Gasteiger charge is -2.19. The molecular formula is C19H18N4O2S. The summed E-state index contributed by atoms with van der Waals surface area (Å²) in [7, 11) is 0. The van der Waals surface area contributed by atoms with Crippen molar-refractivity contribution in [1.29, 1.82) is 0 Å². The third kappa shape index (κ3) is 3.31. The van der Waals surface area contributed by atoms with E-state index in [1.165, 1.54) is 5.56 Å². The topological polar surface area (TPSA) is 78.4 Å². The summed E-state index contributed by atoms with van der Waals surface area (Å²) in [4.78, 5) is 22.8. The van der Waals surface area contributed by atoms with E-state index in [1.54, 1.807) is 29.1 Å². The maximum Gasteiger partial charge on any atom is 0.274 e. The fraction of sp³-hybridized carbons (Fsp3) is 0.211. The van der Waals surface area contributed by atoms with E-state index in [1.807, 2.05) is 30.5 Å². The molecule has 2 aromatic heterocycles. The number of aryl methyl sites for hydroxylation is 1. The maximum absolute atomic E-state index is 11.6. The molecule has 0 atom stereocenters. The van der Waals surface area contributed by atoms with Crippen molar-refractivity contribution in [3.05, 3.63) is 64.8 Å². The fourth-order valence-electron chi connectivity index (χ4n) is 3.18. The highest BCUT2D eigenvalue weighted by Gasteiger charge is 2.19. The Balaban J connectivity index is 1.58. The number of hydrogen-bond acceptors (Lipinski definition) is 6. The number of pyridine rings is 1. The van der Waals surface area contributed by atoms with Crippen LogP contribution in [-0.4, -0.2) is 27.6 Å². The number of hydroxylamine groups is 1. The van der Waals surface area contributed by atoms with Crippen molar-refractivity contribution in [2.45, 2.75) is 19.4 Å². The molecule has 0 fully saturated rings. The summed E-state index contributed by atoms with van der Waals surface area (Å²) < 4.78 is 0. The lowest BCUT2D eigenvalue weighted by atomic mass is 10.0. The van der Waals surface area contributed by atoms with Gasteiger partial charge in [0.25, 0.3) is 5.91 Å². The van der Waals surface area contributed by atoms with Crippen LogP contribution in [0.1, 0.15) is 27.9 Å². The molecule has 4 rings (SSSR count). The van der Waals surface area contributed by atoms with Crippen molar-refractivity contribution in [3.63, 3.8) is 0 Å². The number of nitrogens with one attached hydrogen (secondary N) is 1. The lowest BCUT2D eigenvalue weighted by molar-refractivity contribution is 0.0706. The minimum atomic E-state index is -0.477. The molecule has 26 heavy (non-hydrogen) atoms. The Morgan fingerprint density at radius 1 is 1.27 bits per heavy atom. The molecule has 0 radical (unpaired) electrons. The molecule has 0 saturated carbocycles. The molecule has 3 aromatic rings. The number of anilines is 1. The predicted octanol–water partition coefficient (Wildman–Crippen LogP) is 3.28. The van der Waals surface area contributed by atoms with Gasteiger partial charge in [0.05, 0.1) is 5.69 Å². The molecule has 1 aliphatic heterocycles. The van der Waals surface area contributed by atoms with E-state index in [0.29, 0.717) is 5.56 Å². The van der Waals surface area contributed by atoms with E-state index >= 15 is 0 Å². The number of carbonyl (C=O) groups is 1. The van der Waals surface area contributed by atoms with Gasteiger partial charge in [0.15, 0.2) is 5.13 Å². The number of nitrogens with zero attached hydrogens (tertiary/aromatic N) is 3. The Morgan fingerprint density at radius 2 is 2.19 bits per heavy atom. The van der Waals surface area contributed by atoms with Crippen LogP contribution in [0.15, 0.2) is 48.1 Å². The number of aromatic nitrogens is 2. The van der Waals surface area contributed by atoms with Crippen molar-refractivity contribution in [1.82, 2.24) is 15.4 Å². The normalized spacial score (nSPS) is 13.8. The molecule has 0 bridgehead atoms. The number of thiazole rings is 1. The van der Waals surface area contributed by atoms with Crippen LogP contribution in [0, 0.1) is 0 Å². The van der Waals surface area contributed by atoms with E-state index < -0.39 is 5.91 Å². The van der Waals surface area contributed by atoms with Gasteiger partial charge in [-0.25, -0.2) is 10.5 Å². The van der Waals surface area contributed by atoms with E-state index in [9.17, 15) is 4.79 Å². The second kappa shape index (κ2) is 7.23. The maximum atomic E-state index is 11.6. The molecule has 2 N–H and O–H groups in total. The van der Waals surface area contributed by atoms with Gasteiger partial charge in [0.1, 0.15) is 0 Å². The molecular weight excluding hydrogens is 348 g/mol. The SMILES string of the molecule is O=C(NO)c1ccc2c(c1)CCCN(c1nc(-c3cccnc3)cs1)C2. The zero-order chi connectivity index (χ0) is 17.9. The molecule has 0 spiro atoms. The Hall–Kier alpha value is -2.77. The number of rotatable bonds is 3. The Labute approximate surface area is 155 Å². The highest BCUT2D eigenvalue weighted by Crippen LogP contribution is 2.30. The van der Waals surface area contributed by atoms with E-state index in [-0.39, 0.29) is 0 Å². The molecule has 0 unspecified atom stereocenters. The average molecular weight is 366 g/mol. The first-order valence-corrected chi connectivity index (χ1v) is 9.29. The number of fused-ring (bicyclic) bond motifs is 1. The smallest absolute Gasteiger partial charge is 0.274 e. The monoisotopic (exact) mass is 366 g/mol. The van der Waals surface area contributed by atoms with Gasteiger partial charge >= 0.3 is 0 Å². The molecule has 1 aromatic carbocycles. The highest BCUT2D eigenvalue weighted by atomic mass is 32.1. The number of amides is 1. The summed E-state index contributed by atoms with van der Waals surface area (Å²) in [5, 5.41) is 11.9. The average Bonchev–Trinajstić information content (AvgIpc) is 3.08. The van der Waals surface area contributed by atoms with Crippen molar-refractivity contribution >= 4 is 22.4 Å². The molecule has 1 aliphatic rings. The summed E-state index contributed by atoms with van der Waals surface area (Å²) in [5.74, 6) is -0.477. The lowest BCUT2D eigenvalue weighted by Crippen LogP contribution is -2.22. The molecule has 7 heteroatoms. The number of hydrogen-bond donors (Lipinski definition) is 2. The summed E-state index contributed by atoms with van der Waals surface area (Å²) in [6.45, 7) is 1.67. The predicted molar refractivity (Wildman–Crippen MR) is 100 cm³/mol. The van der Waals surface area contributed by atoms with Crippen LogP contribution >= 0.6 is 11.3 Å². The third-order valence-electron chi connectivity index (χ3n) is 4.53. The summed E-state index contributed by atoms with van der Waals surface area (Å²) >= 11 is 1.64. The van der Waals surface area contributed by atoms with Gasteiger partial charge in [-0.2, -0.15) is 0 Å². The number of carbonyl (C=O) groups excluding carboxylic acids is 1. The van der Waals surface area contributed by atoms with Crippen molar-refractivity contribution in [2.24, 2.45) is 0 Å².